The zero-order valence-corrected chi connectivity index (χ0v) is 28.5. The van der Waals surface area contributed by atoms with Crippen molar-refractivity contribution >= 4 is 60.4 Å². The molecule has 0 amide bonds. The van der Waals surface area contributed by atoms with Crippen LogP contribution in [-0.2, 0) is 0 Å². The lowest BCUT2D eigenvalue weighted by Gasteiger charge is -2.28. The molecule has 1 heterocycles. The molecular weight excluding hydrogens is 629 g/mol. The summed E-state index contributed by atoms with van der Waals surface area (Å²) in [5.41, 5.74) is 11.7. The minimum Gasteiger partial charge on any atom is -0.310 e. The normalized spacial score (nSPS) is 11.5. The van der Waals surface area contributed by atoms with Crippen molar-refractivity contribution in [3.05, 3.63) is 206 Å². The van der Waals surface area contributed by atoms with Gasteiger partial charge in [-0.2, -0.15) is 0 Å². The van der Waals surface area contributed by atoms with Gasteiger partial charge >= 0.3 is 0 Å². The molecule has 1 aromatic heterocycles. The first-order chi connectivity index (χ1) is 25.8. The van der Waals surface area contributed by atoms with Gasteiger partial charge in [-0.25, -0.2) is 0 Å². The molecule has 0 aliphatic carbocycles. The highest BCUT2D eigenvalue weighted by Crippen LogP contribution is 2.45. The van der Waals surface area contributed by atoms with E-state index in [1.807, 2.05) is 0 Å². The van der Waals surface area contributed by atoms with Crippen LogP contribution in [0.4, 0.5) is 17.1 Å². The number of aromatic nitrogens is 1. The fourth-order valence-electron chi connectivity index (χ4n) is 8.08. The smallest absolute Gasteiger partial charge is 0.0547 e. The summed E-state index contributed by atoms with van der Waals surface area (Å²) < 4.78 is 2.39. The molecule has 2 nitrogen and oxygen atoms in total. The van der Waals surface area contributed by atoms with Crippen LogP contribution in [0.15, 0.2) is 206 Å². The minimum absolute atomic E-state index is 1.10. The second-order valence-electron chi connectivity index (χ2n) is 13.3. The van der Waals surface area contributed by atoms with Crippen LogP contribution in [0.5, 0.6) is 0 Å². The molecule has 10 rings (SSSR count). The molecule has 10 aromatic rings. The first-order valence-corrected chi connectivity index (χ1v) is 17.9. The lowest BCUT2D eigenvalue weighted by atomic mass is 9.93. The van der Waals surface area contributed by atoms with E-state index in [0.717, 1.165) is 22.7 Å². The Kier molecular flexibility index (Phi) is 7.18. The average Bonchev–Trinajstić information content (AvgIpc) is 3.57. The largest absolute Gasteiger partial charge is 0.310 e. The van der Waals surface area contributed by atoms with Crippen LogP contribution in [0, 0.1) is 0 Å². The quantitative estimate of drug-likeness (QED) is 0.161. The van der Waals surface area contributed by atoms with E-state index in [-0.39, 0.29) is 0 Å². The molecule has 9 aromatic carbocycles. The van der Waals surface area contributed by atoms with Gasteiger partial charge in [-0.15, -0.1) is 0 Å². The summed E-state index contributed by atoms with van der Waals surface area (Å²) in [4.78, 5) is 2.40. The maximum absolute atomic E-state index is 2.40. The maximum atomic E-state index is 2.40. The second-order valence-corrected chi connectivity index (χ2v) is 13.3. The summed E-state index contributed by atoms with van der Waals surface area (Å²) in [6, 6.07) is 74.6. The summed E-state index contributed by atoms with van der Waals surface area (Å²) in [6.45, 7) is 0. The van der Waals surface area contributed by atoms with Crippen molar-refractivity contribution < 1.29 is 0 Å². The van der Waals surface area contributed by atoms with Gasteiger partial charge < -0.3 is 9.47 Å². The van der Waals surface area contributed by atoms with Gasteiger partial charge in [0.15, 0.2) is 0 Å². The van der Waals surface area contributed by atoms with Crippen molar-refractivity contribution in [2.24, 2.45) is 0 Å². The minimum atomic E-state index is 1.10. The van der Waals surface area contributed by atoms with Gasteiger partial charge in [-0.1, -0.05) is 146 Å². The molecule has 0 saturated carbocycles. The van der Waals surface area contributed by atoms with Gasteiger partial charge in [0.1, 0.15) is 0 Å². The van der Waals surface area contributed by atoms with E-state index in [0.29, 0.717) is 0 Å². The standard InChI is InChI=1S/C50H34N2/c1-3-17-37(18-4-1)51(39-32-30-35(31-33-39)46-34-36-16-7-8-21-40(36)41-22-9-10-23-42(41)46)47-27-13-11-24-43(47)44-26-15-29-49-50(44)45-25-12-14-28-48(45)52(49)38-19-5-2-6-20-38/h1-34H. The van der Waals surface area contributed by atoms with Crippen LogP contribution in [0.1, 0.15) is 0 Å². The van der Waals surface area contributed by atoms with E-state index in [9.17, 15) is 0 Å². The third-order valence-electron chi connectivity index (χ3n) is 10.4. The molecular formula is C50H34N2. The molecule has 0 bridgehead atoms. The Labute approximate surface area is 303 Å². The highest BCUT2D eigenvalue weighted by atomic mass is 15.1. The fraction of sp³-hybridized carbons (Fsp3) is 0. The Morgan fingerprint density at radius 3 is 1.73 bits per heavy atom. The monoisotopic (exact) mass is 662 g/mol. The predicted molar refractivity (Wildman–Crippen MR) is 221 cm³/mol. The van der Waals surface area contributed by atoms with E-state index in [4.69, 9.17) is 0 Å². The van der Waals surface area contributed by atoms with Gasteiger partial charge in [-0.3, -0.25) is 0 Å². The highest BCUT2D eigenvalue weighted by Gasteiger charge is 2.21. The first kappa shape index (κ1) is 30.0. The number of fused-ring (bicyclic) bond motifs is 6. The SMILES string of the molecule is c1ccc(N(c2ccc(-c3cc4ccccc4c4ccccc34)cc2)c2ccccc2-c2cccc3c2c2ccccc2n3-c2ccccc2)cc1. The first-order valence-electron chi connectivity index (χ1n) is 17.9. The molecule has 0 aliphatic heterocycles. The summed E-state index contributed by atoms with van der Waals surface area (Å²) in [5, 5.41) is 7.57. The highest BCUT2D eigenvalue weighted by molar-refractivity contribution is 6.17. The van der Waals surface area contributed by atoms with Crippen molar-refractivity contribution in [2.75, 3.05) is 4.90 Å². The Hall–Kier alpha value is -6.90. The van der Waals surface area contributed by atoms with E-state index in [1.54, 1.807) is 0 Å². The molecule has 244 valence electrons. The molecule has 0 unspecified atom stereocenters. The Morgan fingerprint density at radius 2 is 0.923 bits per heavy atom. The van der Waals surface area contributed by atoms with E-state index in [2.05, 4.69) is 216 Å². The molecule has 52 heavy (non-hydrogen) atoms. The number of benzene rings is 9. The Balaban J connectivity index is 1.16. The fourth-order valence-corrected chi connectivity index (χ4v) is 8.08. The van der Waals surface area contributed by atoms with E-state index in [1.165, 1.54) is 65.6 Å². The molecule has 0 spiro atoms. The number of hydrogen-bond donors (Lipinski definition) is 0. The summed E-state index contributed by atoms with van der Waals surface area (Å²) >= 11 is 0. The third kappa shape index (κ3) is 4.88. The number of nitrogens with zero attached hydrogens (tertiary/aromatic N) is 2. The number of para-hydroxylation sites is 4. The van der Waals surface area contributed by atoms with Gasteiger partial charge in [0.05, 0.1) is 16.7 Å². The van der Waals surface area contributed by atoms with Gasteiger partial charge in [0, 0.05) is 33.4 Å². The van der Waals surface area contributed by atoms with Crippen molar-refractivity contribution in [3.63, 3.8) is 0 Å². The molecule has 2 heteroatoms. The predicted octanol–water partition coefficient (Wildman–Crippen LogP) is 13.9. The average molecular weight is 663 g/mol. The Morgan fingerprint density at radius 1 is 0.346 bits per heavy atom. The number of hydrogen-bond acceptors (Lipinski definition) is 1. The van der Waals surface area contributed by atoms with Crippen molar-refractivity contribution in [3.8, 4) is 27.9 Å². The molecule has 0 atom stereocenters. The van der Waals surface area contributed by atoms with Crippen molar-refractivity contribution in [2.45, 2.75) is 0 Å². The zero-order chi connectivity index (χ0) is 34.4. The lowest BCUT2D eigenvalue weighted by Crippen LogP contribution is -2.11. The van der Waals surface area contributed by atoms with Gasteiger partial charge in [0.25, 0.3) is 0 Å². The van der Waals surface area contributed by atoms with Gasteiger partial charge in [0.2, 0.25) is 0 Å². The van der Waals surface area contributed by atoms with E-state index >= 15 is 0 Å². The zero-order valence-electron chi connectivity index (χ0n) is 28.5. The van der Waals surface area contributed by atoms with Crippen LogP contribution in [0.25, 0.3) is 71.3 Å². The Bertz CT molecular complexity index is 2890. The molecule has 0 saturated heterocycles. The topological polar surface area (TPSA) is 8.17 Å². The molecule has 0 N–H and O–H groups in total. The summed E-state index contributed by atoms with van der Waals surface area (Å²) in [6.07, 6.45) is 0. The van der Waals surface area contributed by atoms with Crippen LogP contribution < -0.4 is 4.90 Å². The van der Waals surface area contributed by atoms with Crippen LogP contribution in [0.3, 0.4) is 0 Å². The summed E-state index contributed by atoms with van der Waals surface area (Å²) in [5.74, 6) is 0. The molecule has 0 radical (unpaired) electrons. The molecule has 0 fully saturated rings. The second kappa shape index (κ2) is 12.5. The van der Waals surface area contributed by atoms with Crippen LogP contribution in [-0.4, -0.2) is 4.57 Å². The van der Waals surface area contributed by atoms with Crippen LogP contribution >= 0.6 is 0 Å². The van der Waals surface area contributed by atoms with Crippen molar-refractivity contribution in [1.29, 1.82) is 0 Å². The van der Waals surface area contributed by atoms with Crippen molar-refractivity contribution in [1.82, 2.24) is 4.57 Å². The lowest BCUT2D eigenvalue weighted by molar-refractivity contribution is 1.18. The number of anilines is 3. The van der Waals surface area contributed by atoms with E-state index < -0.39 is 0 Å². The third-order valence-corrected chi connectivity index (χ3v) is 10.4. The number of rotatable bonds is 6. The maximum Gasteiger partial charge on any atom is 0.0547 e. The summed E-state index contributed by atoms with van der Waals surface area (Å²) in [7, 11) is 0. The molecule has 0 aliphatic rings. The van der Waals surface area contributed by atoms with Crippen LogP contribution in [0.2, 0.25) is 0 Å². The van der Waals surface area contributed by atoms with Gasteiger partial charge in [-0.05, 0) is 98.9 Å².